The van der Waals surface area contributed by atoms with E-state index >= 15 is 0 Å². The van der Waals surface area contributed by atoms with Crippen molar-refractivity contribution in [1.82, 2.24) is 5.32 Å². The number of nitrogens with one attached hydrogen (secondary N) is 1. The first-order valence-electron chi connectivity index (χ1n) is 6.59. The van der Waals surface area contributed by atoms with Gasteiger partial charge >= 0.3 is 0 Å². The third kappa shape index (κ3) is 2.89. The molecule has 1 aromatic rings. The molecule has 2 rings (SSSR count). The van der Waals surface area contributed by atoms with Crippen LogP contribution in [0.4, 0.5) is 5.69 Å². The highest BCUT2D eigenvalue weighted by molar-refractivity contribution is 9.10. The average Bonchev–Trinajstić information content (AvgIpc) is 2.36. The summed E-state index contributed by atoms with van der Waals surface area (Å²) in [7, 11) is 0. The van der Waals surface area contributed by atoms with Gasteiger partial charge in [-0.2, -0.15) is 0 Å². The largest absolute Gasteiger partial charge is 0.364 e. The summed E-state index contributed by atoms with van der Waals surface area (Å²) in [6.45, 7) is 11.3. The van der Waals surface area contributed by atoms with Crippen molar-refractivity contribution >= 4 is 21.6 Å². The molecule has 1 fully saturated rings. The van der Waals surface area contributed by atoms with Crippen LogP contribution in [-0.2, 0) is 0 Å². The summed E-state index contributed by atoms with van der Waals surface area (Å²) in [6.07, 6.45) is 1.15. The lowest BCUT2D eigenvalue weighted by Gasteiger charge is -2.42. The number of hydrogen-bond acceptors (Lipinski definition) is 2. The van der Waals surface area contributed by atoms with Crippen molar-refractivity contribution < 1.29 is 0 Å². The van der Waals surface area contributed by atoms with Gasteiger partial charge in [-0.05, 0) is 68.7 Å². The molecule has 1 aliphatic heterocycles. The maximum absolute atomic E-state index is 3.68. The Balaban J connectivity index is 2.41. The van der Waals surface area contributed by atoms with Gasteiger partial charge in [-0.1, -0.05) is 12.1 Å². The van der Waals surface area contributed by atoms with E-state index in [-0.39, 0.29) is 11.1 Å². The monoisotopic (exact) mass is 310 g/mol. The molecule has 3 heteroatoms. The number of halogens is 1. The Morgan fingerprint density at radius 3 is 2.50 bits per heavy atom. The quantitative estimate of drug-likeness (QED) is 0.848. The third-order valence-corrected chi connectivity index (χ3v) is 4.44. The first-order chi connectivity index (χ1) is 8.32. The number of rotatable bonds is 1. The van der Waals surface area contributed by atoms with E-state index in [1.807, 2.05) is 0 Å². The second-order valence-corrected chi connectivity index (χ2v) is 7.26. The Morgan fingerprint density at radius 1 is 1.17 bits per heavy atom. The molecule has 0 aromatic heterocycles. The van der Waals surface area contributed by atoms with E-state index in [0.717, 1.165) is 19.5 Å². The fourth-order valence-corrected chi connectivity index (χ4v) is 3.09. The smallest absolute Gasteiger partial charge is 0.0515 e. The molecule has 2 nitrogen and oxygen atoms in total. The highest BCUT2D eigenvalue weighted by atomic mass is 79.9. The predicted octanol–water partition coefficient (Wildman–Crippen LogP) is 3.81. The normalized spacial score (nSPS) is 22.6. The van der Waals surface area contributed by atoms with Crippen LogP contribution in [0.2, 0.25) is 0 Å². The summed E-state index contributed by atoms with van der Waals surface area (Å²) in [5.74, 6) is 0. The molecule has 1 saturated heterocycles. The number of nitrogens with zero attached hydrogens (tertiary/aromatic N) is 1. The number of anilines is 1. The Bertz CT molecular complexity index is 426. The first kappa shape index (κ1) is 13.9. The summed E-state index contributed by atoms with van der Waals surface area (Å²) < 4.78 is 1.18. The second kappa shape index (κ2) is 4.86. The molecule has 0 bridgehead atoms. The summed E-state index contributed by atoms with van der Waals surface area (Å²) in [5.41, 5.74) is 1.60. The topological polar surface area (TPSA) is 15.3 Å². The van der Waals surface area contributed by atoms with Gasteiger partial charge in [0.05, 0.1) is 5.69 Å². The molecule has 0 saturated carbocycles. The molecule has 1 N–H and O–H groups in total. The van der Waals surface area contributed by atoms with Gasteiger partial charge in [0.25, 0.3) is 0 Å². The van der Waals surface area contributed by atoms with Gasteiger partial charge in [0.2, 0.25) is 0 Å². The molecule has 1 aromatic carbocycles. The molecular weight excluding hydrogens is 288 g/mol. The minimum absolute atomic E-state index is 0.142. The van der Waals surface area contributed by atoms with Crippen molar-refractivity contribution in [2.75, 3.05) is 18.0 Å². The van der Waals surface area contributed by atoms with Crippen LogP contribution in [0.25, 0.3) is 0 Å². The van der Waals surface area contributed by atoms with Crippen molar-refractivity contribution in [1.29, 1.82) is 0 Å². The van der Waals surface area contributed by atoms with Crippen molar-refractivity contribution in [3.8, 4) is 0 Å². The molecule has 1 heterocycles. The van der Waals surface area contributed by atoms with Crippen LogP contribution < -0.4 is 10.2 Å². The van der Waals surface area contributed by atoms with Gasteiger partial charge < -0.3 is 10.2 Å². The molecule has 18 heavy (non-hydrogen) atoms. The van der Waals surface area contributed by atoms with E-state index in [1.54, 1.807) is 0 Å². The second-order valence-electron chi connectivity index (χ2n) is 6.41. The van der Waals surface area contributed by atoms with Crippen LogP contribution in [0.1, 0.15) is 34.1 Å². The third-order valence-electron chi connectivity index (χ3n) is 3.77. The van der Waals surface area contributed by atoms with E-state index in [1.165, 1.54) is 10.2 Å². The summed E-state index contributed by atoms with van der Waals surface area (Å²) >= 11 is 3.68. The molecule has 1 aliphatic rings. The minimum Gasteiger partial charge on any atom is -0.364 e. The molecule has 0 spiro atoms. The van der Waals surface area contributed by atoms with Crippen molar-refractivity contribution in [2.24, 2.45) is 0 Å². The Hall–Kier alpha value is -0.540. The van der Waals surface area contributed by atoms with Crippen molar-refractivity contribution in [3.05, 3.63) is 28.7 Å². The highest BCUT2D eigenvalue weighted by Gasteiger charge is 2.35. The fourth-order valence-electron chi connectivity index (χ4n) is 2.59. The van der Waals surface area contributed by atoms with Gasteiger partial charge in [0.15, 0.2) is 0 Å². The van der Waals surface area contributed by atoms with Crippen LogP contribution in [-0.4, -0.2) is 24.2 Å². The molecule has 100 valence electrons. The van der Waals surface area contributed by atoms with Crippen LogP contribution in [0.3, 0.4) is 0 Å². The number of benzene rings is 1. The van der Waals surface area contributed by atoms with Gasteiger partial charge in [-0.15, -0.1) is 0 Å². The van der Waals surface area contributed by atoms with Crippen LogP contribution in [0.5, 0.6) is 0 Å². The van der Waals surface area contributed by atoms with Crippen LogP contribution >= 0.6 is 15.9 Å². The Labute approximate surface area is 119 Å². The van der Waals surface area contributed by atoms with Gasteiger partial charge in [0, 0.05) is 22.1 Å². The first-order valence-corrected chi connectivity index (χ1v) is 7.38. The van der Waals surface area contributed by atoms with Gasteiger partial charge in [-0.25, -0.2) is 0 Å². The van der Waals surface area contributed by atoms with E-state index < -0.39 is 0 Å². The van der Waals surface area contributed by atoms with Gasteiger partial charge in [0.1, 0.15) is 0 Å². The maximum atomic E-state index is 3.68. The SMILES string of the molecule is CC1(C)CN(c2ccccc2Br)C(C)(C)CCN1. The molecule has 0 unspecified atom stereocenters. The Morgan fingerprint density at radius 2 is 1.83 bits per heavy atom. The van der Waals surface area contributed by atoms with Gasteiger partial charge in [-0.3, -0.25) is 0 Å². The Kier molecular flexibility index (Phi) is 3.75. The minimum atomic E-state index is 0.142. The van der Waals surface area contributed by atoms with Crippen molar-refractivity contribution in [2.45, 2.75) is 45.2 Å². The molecular formula is C15H23BrN2. The standard InChI is InChI=1S/C15H23BrN2/c1-14(2)11-18(15(3,4)9-10-17-14)13-8-6-5-7-12(13)16/h5-8,17H,9-11H2,1-4H3. The zero-order valence-electron chi connectivity index (χ0n) is 11.8. The molecule has 0 radical (unpaired) electrons. The predicted molar refractivity (Wildman–Crippen MR) is 82.3 cm³/mol. The lowest BCUT2D eigenvalue weighted by molar-refractivity contribution is 0.409. The van der Waals surface area contributed by atoms with E-state index in [0.29, 0.717) is 0 Å². The summed E-state index contributed by atoms with van der Waals surface area (Å²) in [6, 6.07) is 8.51. The zero-order chi connectivity index (χ0) is 13.4. The lowest BCUT2D eigenvalue weighted by atomic mass is 9.96. The molecule has 0 aliphatic carbocycles. The zero-order valence-corrected chi connectivity index (χ0v) is 13.3. The summed E-state index contributed by atoms with van der Waals surface area (Å²) in [5, 5.41) is 3.64. The number of para-hydroxylation sites is 1. The summed E-state index contributed by atoms with van der Waals surface area (Å²) in [4.78, 5) is 2.52. The molecule has 0 amide bonds. The lowest BCUT2D eigenvalue weighted by Crippen LogP contribution is -2.51. The average molecular weight is 311 g/mol. The van der Waals surface area contributed by atoms with Crippen LogP contribution in [0.15, 0.2) is 28.7 Å². The number of hydrogen-bond donors (Lipinski definition) is 1. The van der Waals surface area contributed by atoms with Crippen LogP contribution in [0, 0.1) is 0 Å². The van der Waals surface area contributed by atoms with E-state index in [2.05, 4.69) is 78.1 Å². The maximum Gasteiger partial charge on any atom is 0.0515 e. The van der Waals surface area contributed by atoms with E-state index in [4.69, 9.17) is 0 Å². The highest BCUT2D eigenvalue weighted by Crippen LogP contribution is 2.35. The van der Waals surface area contributed by atoms with Crippen molar-refractivity contribution in [3.63, 3.8) is 0 Å². The van der Waals surface area contributed by atoms with E-state index in [9.17, 15) is 0 Å². The molecule has 0 atom stereocenters. The fraction of sp³-hybridized carbons (Fsp3) is 0.600.